The summed E-state index contributed by atoms with van der Waals surface area (Å²) in [5.74, 6) is 0.709. The number of aliphatic imine (C=N–C) groups is 1. The molecule has 2 heterocycles. The van der Waals surface area contributed by atoms with Crippen molar-refractivity contribution in [3.8, 4) is 0 Å². The maximum absolute atomic E-state index is 13.5. The third-order valence-corrected chi connectivity index (χ3v) is 7.13. The molecule has 6 nitrogen and oxygen atoms in total. The van der Waals surface area contributed by atoms with E-state index in [2.05, 4.69) is 15.5 Å². The Labute approximate surface area is 209 Å². The van der Waals surface area contributed by atoms with Gasteiger partial charge in [-0.05, 0) is 55.3 Å². The van der Waals surface area contributed by atoms with Crippen molar-refractivity contribution in [2.75, 3.05) is 22.9 Å². The largest absolute Gasteiger partial charge is 0.340 e. The average molecular weight is 483 g/mol. The number of allylic oxidation sites excluding steroid dienone is 1. The van der Waals surface area contributed by atoms with Gasteiger partial charge in [0.25, 0.3) is 11.8 Å². The Morgan fingerprint density at radius 1 is 0.857 bits per heavy atom. The van der Waals surface area contributed by atoms with Crippen LogP contribution in [0.15, 0.2) is 101 Å². The number of anilines is 2. The topological polar surface area (TPSA) is 73.8 Å². The zero-order valence-corrected chi connectivity index (χ0v) is 20.2. The van der Waals surface area contributed by atoms with E-state index in [4.69, 9.17) is 4.99 Å². The monoisotopic (exact) mass is 482 g/mol. The molecule has 0 bridgehead atoms. The van der Waals surface area contributed by atoms with Crippen LogP contribution in [-0.2, 0) is 4.79 Å². The smallest absolute Gasteiger partial charge is 0.255 e. The summed E-state index contributed by atoms with van der Waals surface area (Å²) in [6.45, 7) is 2.74. The van der Waals surface area contributed by atoms with Gasteiger partial charge in [-0.3, -0.25) is 9.59 Å². The van der Waals surface area contributed by atoms with Gasteiger partial charge in [0.15, 0.2) is 5.17 Å². The first-order valence-corrected chi connectivity index (χ1v) is 12.6. The van der Waals surface area contributed by atoms with Crippen molar-refractivity contribution < 1.29 is 9.59 Å². The zero-order valence-electron chi connectivity index (χ0n) is 19.4. The van der Waals surface area contributed by atoms with Crippen LogP contribution in [0.1, 0.15) is 35.3 Å². The van der Waals surface area contributed by atoms with E-state index in [1.165, 1.54) is 0 Å². The van der Waals surface area contributed by atoms with Crippen molar-refractivity contribution in [2.45, 2.75) is 19.4 Å². The minimum Gasteiger partial charge on any atom is -0.340 e. The van der Waals surface area contributed by atoms with E-state index >= 15 is 0 Å². The van der Waals surface area contributed by atoms with Crippen molar-refractivity contribution in [1.29, 1.82) is 0 Å². The Bertz CT molecular complexity index is 1290. The number of hydrogen-bond donors (Lipinski definition) is 2. The van der Waals surface area contributed by atoms with Crippen LogP contribution in [0.4, 0.5) is 11.4 Å². The van der Waals surface area contributed by atoms with Gasteiger partial charge in [0.05, 0.1) is 17.3 Å². The fourth-order valence-electron chi connectivity index (χ4n) is 4.37. The molecule has 2 N–H and O–H groups in total. The van der Waals surface area contributed by atoms with Crippen LogP contribution in [0.2, 0.25) is 0 Å². The second-order valence-electron chi connectivity index (χ2n) is 8.45. The fourth-order valence-corrected chi connectivity index (χ4v) is 5.39. The molecule has 2 aliphatic rings. The molecule has 1 unspecified atom stereocenters. The Morgan fingerprint density at radius 3 is 2.20 bits per heavy atom. The van der Waals surface area contributed by atoms with Crippen molar-refractivity contribution >= 4 is 40.1 Å². The number of carbonyl (C=O) groups is 2. The van der Waals surface area contributed by atoms with Crippen LogP contribution in [0.5, 0.6) is 0 Å². The van der Waals surface area contributed by atoms with Crippen LogP contribution in [-0.4, -0.2) is 34.2 Å². The van der Waals surface area contributed by atoms with Crippen LogP contribution < -0.4 is 10.6 Å². The number of para-hydroxylation sites is 1. The lowest BCUT2D eigenvalue weighted by molar-refractivity contribution is -0.113. The molecular formula is C28H26N4O2S. The Hall–Kier alpha value is -3.84. The third-order valence-electron chi connectivity index (χ3n) is 6.06. The molecule has 5 rings (SSSR count). The molecule has 0 saturated carbocycles. The number of hydrogen-bond acceptors (Lipinski definition) is 5. The Kier molecular flexibility index (Phi) is 6.68. The molecular weight excluding hydrogens is 456 g/mol. The van der Waals surface area contributed by atoms with Gasteiger partial charge < -0.3 is 15.5 Å². The van der Waals surface area contributed by atoms with E-state index < -0.39 is 0 Å². The summed E-state index contributed by atoms with van der Waals surface area (Å²) in [4.78, 5) is 33.0. The summed E-state index contributed by atoms with van der Waals surface area (Å²) in [5.41, 5.74) is 4.41. The first-order chi connectivity index (χ1) is 17.1. The van der Waals surface area contributed by atoms with Gasteiger partial charge in [-0.1, -0.05) is 60.3 Å². The first kappa shape index (κ1) is 22.9. The molecule has 1 atom stereocenters. The number of rotatable bonds is 5. The van der Waals surface area contributed by atoms with E-state index in [-0.39, 0.29) is 17.9 Å². The van der Waals surface area contributed by atoms with Gasteiger partial charge in [0.1, 0.15) is 0 Å². The fraction of sp³-hybridized carbons (Fsp3) is 0.179. The van der Waals surface area contributed by atoms with Gasteiger partial charge in [-0.25, -0.2) is 4.99 Å². The number of carbonyl (C=O) groups excluding carboxylic acids is 2. The number of nitrogens with one attached hydrogen (secondary N) is 2. The summed E-state index contributed by atoms with van der Waals surface area (Å²) in [7, 11) is 0. The van der Waals surface area contributed by atoms with Crippen LogP contribution in [0.25, 0.3) is 0 Å². The second-order valence-corrected chi connectivity index (χ2v) is 9.52. The van der Waals surface area contributed by atoms with Crippen LogP contribution in [0.3, 0.4) is 0 Å². The molecule has 3 aromatic rings. The number of benzene rings is 3. The lowest BCUT2D eigenvalue weighted by atomic mass is 9.93. The molecule has 0 spiro atoms. The van der Waals surface area contributed by atoms with E-state index in [0.717, 1.165) is 40.8 Å². The van der Waals surface area contributed by atoms with E-state index in [1.807, 2.05) is 79.7 Å². The van der Waals surface area contributed by atoms with Gasteiger partial charge in [0.2, 0.25) is 0 Å². The molecule has 1 fully saturated rings. The maximum atomic E-state index is 13.5. The predicted octanol–water partition coefficient (Wildman–Crippen LogP) is 5.70. The molecule has 3 aromatic carbocycles. The highest BCUT2D eigenvalue weighted by atomic mass is 32.2. The van der Waals surface area contributed by atoms with Gasteiger partial charge in [-0.2, -0.15) is 0 Å². The lowest BCUT2D eigenvalue weighted by Crippen LogP contribution is -2.43. The van der Waals surface area contributed by atoms with Crippen molar-refractivity contribution in [2.24, 2.45) is 4.99 Å². The number of fused-ring (bicyclic) bond motifs is 1. The summed E-state index contributed by atoms with van der Waals surface area (Å²) in [6.07, 6.45) is 1.03. The highest BCUT2D eigenvalue weighted by molar-refractivity contribution is 8.13. The Balaban J connectivity index is 1.44. The van der Waals surface area contributed by atoms with E-state index in [1.54, 1.807) is 23.9 Å². The molecule has 7 heteroatoms. The normalized spacial score (nSPS) is 17.3. The molecule has 35 heavy (non-hydrogen) atoms. The second kappa shape index (κ2) is 10.2. The number of amidine groups is 1. The van der Waals surface area contributed by atoms with E-state index in [9.17, 15) is 9.59 Å². The molecule has 0 aromatic heterocycles. The van der Waals surface area contributed by atoms with Crippen molar-refractivity contribution in [1.82, 2.24) is 4.90 Å². The van der Waals surface area contributed by atoms with Crippen LogP contribution in [0, 0.1) is 0 Å². The molecule has 2 aliphatic heterocycles. The quantitative estimate of drug-likeness (QED) is 0.489. The molecule has 0 aliphatic carbocycles. The maximum Gasteiger partial charge on any atom is 0.255 e. The molecule has 176 valence electrons. The van der Waals surface area contributed by atoms with Gasteiger partial charge >= 0.3 is 0 Å². The highest BCUT2D eigenvalue weighted by Gasteiger charge is 2.37. The molecule has 2 amide bonds. The van der Waals surface area contributed by atoms with Gasteiger partial charge in [0, 0.05) is 29.2 Å². The number of nitrogens with zero attached hydrogens (tertiary/aromatic N) is 2. The Morgan fingerprint density at radius 2 is 1.49 bits per heavy atom. The number of amides is 2. The zero-order chi connectivity index (χ0) is 24.2. The summed E-state index contributed by atoms with van der Waals surface area (Å²) < 4.78 is 0. The third kappa shape index (κ3) is 5.00. The standard InChI is InChI=1S/C28H26N4O2S/c1-19-24(27(34)31-22-11-6-3-7-12-22)25(32-17-8-18-35-28(32)29-19)20-13-15-23(16-14-20)30-26(33)21-9-4-2-5-10-21/h2-7,9-16,25H,8,17-18H2,1H3,(H,30,33)(H,31,34). The predicted molar refractivity (Wildman–Crippen MR) is 143 cm³/mol. The highest BCUT2D eigenvalue weighted by Crippen LogP contribution is 2.40. The van der Waals surface area contributed by atoms with E-state index in [0.29, 0.717) is 16.8 Å². The molecule has 0 radical (unpaired) electrons. The minimum atomic E-state index is -0.252. The SMILES string of the molecule is CC1=C(C(=O)Nc2ccccc2)C(c2ccc(NC(=O)c3ccccc3)cc2)N2CCCSC2=N1. The minimum absolute atomic E-state index is 0.154. The van der Waals surface area contributed by atoms with Crippen LogP contribution >= 0.6 is 11.8 Å². The number of thioether (sulfide) groups is 1. The summed E-state index contributed by atoms with van der Waals surface area (Å²) in [5, 5.41) is 6.94. The van der Waals surface area contributed by atoms with Crippen molar-refractivity contribution in [3.63, 3.8) is 0 Å². The first-order valence-electron chi connectivity index (χ1n) is 11.6. The summed E-state index contributed by atoms with van der Waals surface area (Å²) >= 11 is 1.73. The van der Waals surface area contributed by atoms with Crippen molar-refractivity contribution in [3.05, 3.63) is 107 Å². The average Bonchev–Trinajstić information content (AvgIpc) is 2.89. The van der Waals surface area contributed by atoms with Gasteiger partial charge in [-0.15, -0.1) is 0 Å². The lowest BCUT2D eigenvalue weighted by Gasteiger charge is -2.40. The molecule has 1 saturated heterocycles. The summed E-state index contributed by atoms with van der Waals surface area (Å²) in [6, 6.07) is 26.1.